The van der Waals surface area contributed by atoms with Gasteiger partial charge in [0.05, 0.1) is 0 Å². The Morgan fingerprint density at radius 1 is 1.00 bits per heavy atom. The van der Waals surface area contributed by atoms with Crippen molar-refractivity contribution in [3.8, 4) is 11.1 Å². The molecule has 0 saturated carbocycles. The summed E-state index contributed by atoms with van der Waals surface area (Å²) in [6.45, 7) is 4.29. The van der Waals surface area contributed by atoms with Crippen molar-refractivity contribution >= 4 is 33.9 Å². The zero-order valence-electron chi connectivity index (χ0n) is 17.9. The number of nitrogens with zero attached hydrogens (tertiary/aromatic N) is 6. The summed E-state index contributed by atoms with van der Waals surface area (Å²) in [5.41, 5.74) is 6.12. The molecule has 0 unspecified atom stereocenters. The molecule has 0 spiro atoms. The fourth-order valence-corrected chi connectivity index (χ4v) is 4.28. The summed E-state index contributed by atoms with van der Waals surface area (Å²) in [4.78, 5) is 17.1. The van der Waals surface area contributed by atoms with Gasteiger partial charge in [0.1, 0.15) is 17.8 Å². The lowest BCUT2D eigenvalue weighted by atomic mass is 10.1. The molecular formula is C24H24N8. The average molecular weight is 425 g/mol. The van der Waals surface area contributed by atoms with E-state index >= 15 is 0 Å². The van der Waals surface area contributed by atoms with Crippen LogP contribution in [0.25, 0.3) is 27.8 Å². The van der Waals surface area contributed by atoms with Crippen molar-refractivity contribution in [2.75, 3.05) is 43.4 Å². The van der Waals surface area contributed by atoms with Crippen LogP contribution in [0.5, 0.6) is 0 Å². The van der Waals surface area contributed by atoms with Crippen molar-refractivity contribution in [1.82, 2.24) is 29.5 Å². The smallest absolute Gasteiger partial charge is 0.155 e. The molecule has 1 aliphatic heterocycles. The molecule has 1 fully saturated rings. The van der Waals surface area contributed by atoms with E-state index in [0.717, 1.165) is 65.5 Å². The normalized spacial score (nSPS) is 15.0. The highest BCUT2D eigenvalue weighted by atomic mass is 15.3. The minimum atomic E-state index is 0.813. The van der Waals surface area contributed by atoms with Crippen LogP contribution in [0.2, 0.25) is 0 Å². The number of nitrogens with one attached hydrogen (secondary N) is 2. The number of hydrogen-bond donors (Lipinski definition) is 2. The van der Waals surface area contributed by atoms with Gasteiger partial charge in [-0.3, -0.25) is 0 Å². The van der Waals surface area contributed by atoms with Gasteiger partial charge in [-0.2, -0.15) is 5.10 Å². The first-order valence-electron chi connectivity index (χ1n) is 10.8. The average Bonchev–Trinajstić information content (AvgIpc) is 3.46. The molecule has 5 aromatic rings. The Hall–Kier alpha value is -3.91. The van der Waals surface area contributed by atoms with Crippen molar-refractivity contribution in [1.29, 1.82) is 0 Å². The van der Waals surface area contributed by atoms with Gasteiger partial charge in [-0.25, -0.2) is 14.5 Å². The number of benzene rings is 1. The molecule has 2 N–H and O–H groups in total. The van der Waals surface area contributed by atoms with E-state index in [0.29, 0.717) is 0 Å². The van der Waals surface area contributed by atoms with Gasteiger partial charge in [0.2, 0.25) is 0 Å². The van der Waals surface area contributed by atoms with E-state index in [1.165, 1.54) is 5.69 Å². The van der Waals surface area contributed by atoms with Gasteiger partial charge in [0.25, 0.3) is 0 Å². The van der Waals surface area contributed by atoms with Crippen LogP contribution in [-0.2, 0) is 0 Å². The van der Waals surface area contributed by atoms with Gasteiger partial charge in [0, 0.05) is 66.5 Å². The number of rotatable bonds is 4. The first-order valence-corrected chi connectivity index (χ1v) is 10.8. The van der Waals surface area contributed by atoms with Gasteiger partial charge in [-0.1, -0.05) is 6.07 Å². The Morgan fingerprint density at radius 3 is 2.81 bits per heavy atom. The molecular weight excluding hydrogens is 400 g/mol. The molecule has 0 atom stereocenters. The van der Waals surface area contributed by atoms with Crippen molar-refractivity contribution in [2.45, 2.75) is 0 Å². The number of aromatic nitrogens is 5. The van der Waals surface area contributed by atoms with E-state index in [-0.39, 0.29) is 0 Å². The molecule has 1 saturated heterocycles. The number of fused-ring (bicyclic) bond motifs is 2. The Balaban J connectivity index is 1.26. The van der Waals surface area contributed by atoms with Crippen LogP contribution < -0.4 is 10.2 Å². The fraction of sp³-hybridized carbons (Fsp3) is 0.208. The lowest BCUT2D eigenvalue weighted by Gasteiger charge is -2.34. The number of hydrogen-bond acceptors (Lipinski definition) is 6. The fourth-order valence-electron chi connectivity index (χ4n) is 4.28. The van der Waals surface area contributed by atoms with Crippen LogP contribution in [0.4, 0.5) is 17.2 Å². The molecule has 0 bridgehead atoms. The topological polar surface area (TPSA) is 77.4 Å². The molecule has 8 heteroatoms. The van der Waals surface area contributed by atoms with Crippen LogP contribution in [0.3, 0.4) is 0 Å². The van der Waals surface area contributed by atoms with Gasteiger partial charge < -0.3 is 20.1 Å². The summed E-state index contributed by atoms with van der Waals surface area (Å²) >= 11 is 0. The minimum Gasteiger partial charge on any atom is -0.369 e. The summed E-state index contributed by atoms with van der Waals surface area (Å²) in [5.74, 6) is 0.813. The maximum absolute atomic E-state index is 4.80. The number of piperazine rings is 1. The summed E-state index contributed by atoms with van der Waals surface area (Å²) < 4.78 is 1.78. The predicted molar refractivity (Wildman–Crippen MR) is 128 cm³/mol. The third-order valence-corrected chi connectivity index (χ3v) is 6.11. The number of H-pyrrole nitrogens is 1. The Morgan fingerprint density at radius 2 is 1.91 bits per heavy atom. The first-order chi connectivity index (χ1) is 15.7. The number of aromatic amines is 1. The Kier molecular flexibility index (Phi) is 4.50. The lowest BCUT2D eigenvalue weighted by Crippen LogP contribution is -2.44. The zero-order valence-corrected chi connectivity index (χ0v) is 17.9. The summed E-state index contributed by atoms with van der Waals surface area (Å²) in [5, 5.41) is 8.77. The highest BCUT2D eigenvalue weighted by molar-refractivity contribution is 5.94. The zero-order chi connectivity index (χ0) is 21.5. The molecule has 6 rings (SSSR count). The van der Waals surface area contributed by atoms with E-state index < -0.39 is 0 Å². The Bertz CT molecular complexity index is 1390. The van der Waals surface area contributed by atoms with E-state index in [4.69, 9.17) is 4.98 Å². The second kappa shape index (κ2) is 7.65. The van der Waals surface area contributed by atoms with E-state index in [1.807, 2.05) is 24.5 Å². The SMILES string of the molecule is CN1CCN(c2cccc(Nc3ccc4c(-c5ccc6ncnn6c5)c[nH]c4n3)c2)CC1. The van der Waals surface area contributed by atoms with E-state index in [2.05, 4.69) is 73.6 Å². The maximum atomic E-state index is 4.80. The molecule has 1 aliphatic rings. The van der Waals surface area contributed by atoms with Crippen LogP contribution in [0.15, 0.2) is 67.3 Å². The number of anilines is 3. The van der Waals surface area contributed by atoms with Gasteiger partial charge in [-0.05, 0) is 49.5 Å². The minimum absolute atomic E-state index is 0.813. The van der Waals surface area contributed by atoms with Gasteiger partial charge >= 0.3 is 0 Å². The van der Waals surface area contributed by atoms with Crippen molar-refractivity contribution in [3.05, 3.63) is 67.3 Å². The molecule has 32 heavy (non-hydrogen) atoms. The molecule has 160 valence electrons. The lowest BCUT2D eigenvalue weighted by molar-refractivity contribution is 0.313. The van der Waals surface area contributed by atoms with E-state index in [1.54, 1.807) is 10.8 Å². The van der Waals surface area contributed by atoms with Gasteiger partial charge in [0.15, 0.2) is 5.65 Å². The largest absolute Gasteiger partial charge is 0.369 e. The second-order valence-electron chi connectivity index (χ2n) is 8.24. The van der Waals surface area contributed by atoms with Gasteiger partial charge in [-0.15, -0.1) is 0 Å². The monoisotopic (exact) mass is 424 g/mol. The van der Waals surface area contributed by atoms with Crippen LogP contribution in [0.1, 0.15) is 0 Å². The predicted octanol–water partition coefficient (Wildman–Crippen LogP) is 3.77. The van der Waals surface area contributed by atoms with E-state index in [9.17, 15) is 0 Å². The molecule has 0 radical (unpaired) electrons. The molecule has 1 aromatic carbocycles. The molecule has 8 nitrogen and oxygen atoms in total. The highest BCUT2D eigenvalue weighted by Crippen LogP contribution is 2.30. The third kappa shape index (κ3) is 3.44. The first kappa shape index (κ1) is 18.8. The molecule has 0 aliphatic carbocycles. The maximum Gasteiger partial charge on any atom is 0.155 e. The molecule has 0 amide bonds. The van der Waals surface area contributed by atoms with Crippen molar-refractivity contribution < 1.29 is 0 Å². The second-order valence-corrected chi connectivity index (χ2v) is 8.24. The summed E-state index contributed by atoms with van der Waals surface area (Å²) in [7, 11) is 2.18. The molecule has 5 heterocycles. The van der Waals surface area contributed by atoms with Crippen molar-refractivity contribution in [3.63, 3.8) is 0 Å². The highest BCUT2D eigenvalue weighted by Gasteiger charge is 2.15. The van der Waals surface area contributed by atoms with Crippen LogP contribution in [-0.4, -0.2) is 62.7 Å². The van der Waals surface area contributed by atoms with Crippen LogP contribution >= 0.6 is 0 Å². The van der Waals surface area contributed by atoms with Crippen molar-refractivity contribution in [2.24, 2.45) is 0 Å². The number of pyridine rings is 2. The molecule has 4 aromatic heterocycles. The third-order valence-electron chi connectivity index (χ3n) is 6.11. The van der Waals surface area contributed by atoms with Crippen LogP contribution in [0, 0.1) is 0 Å². The summed E-state index contributed by atoms with van der Waals surface area (Å²) in [6, 6.07) is 16.7. The summed E-state index contributed by atoms with van der Waals surface area (Å²) in [6.07, 6.45) is 5.54. The standard InChI is InChI=1S/C24H24N8/c1-30-9-11-31(12-10-30)19-4-2-3-18(13-19)28-22-7-6-20-21(14-25-24(20)29-22)17-5-8-23-26-16-27-32(23)15-17/h2-8,13-16H,9-12H2,1H3,(H2,25,28,29). The Labute approximate surface area is 185 Å². The quantitative estimate of drug-likeness (QED) is 0.457. The number of likely N-dealkylation sites (N-methyl/N-ethyl adjacent to an activating group) is 1.